The van der Waals surface area contributed by atoms with Gasteiger partial charge in [0.25, 0.3) is 0 Å². The molecule has 2 aromatic rings. The third kappa shape index (κ3) is 2.54. The van der Waals surface area contributed by atoms with Crippen LogP contribution in [0.15, 0.2) is 30.5 Å². The van der Waals surface area contributed by atoms with E-state index in [4.69, 9.17) is 19.9 Å². The third-order valence-electron chi connectivity index (χ3n) is 2.76. The number of nitrogens with two attached hydrogens (primary N) is 1. The molecule has 2 N–H and O–H groups in total. The van der Waals surface area contributed by atoms with Gasteiger partial charge >= 0.3 is 0 Å². The molecule has 0 unspecified atom stereocenters. The number of rotatable bonds is 4. The molecule has 0 aliphatic carbocycles. The largest absolute Gasteiger partial charge is 0.496 e. The van der Waals surface area contributed by atoms with Gasteiger partial charge in [0, 0.05) is 12.1 Å². The number of hydrogen-bond donors (Lipinski definition) is 1. The van der Waals surface area contributed by atoms with E-state index in [0.717, 1.165) is 11.3 Å². The highest BCUT2D eigenvalue weighted by Crippen LogP contribution is 2.40. The van der Waals surface area contributed by atoms with Gasteiger partial charge in [0.1, 0.15) is 17.2 Å². The Morgan fingerprint density at radius 2 is 1.58 bits per heavy atom. The number of methoxy groups -OCH3 is 3. The molecule has 1 heterocycles. The zero-order chi connectivity index (χ0) is 13.8. The maximum absolute atomic E-state index is 5.65. The van der Waals surface area contributed by atoms with E-state index in [1.54, 1.807) is 45.7 Å². The van der Waals surface area contributed by atoms with Gasteiger partial charge in [-0.25, -0.2) is 0 Å². The second-order valence-electron chi connectivity index (χ2n) is 3.88. The van der Waals surface area contributed by atoms with Crippen LogP contribution >= 0.6 is 0 Å². The second kappa shape index (κ2) is 5.48. The molecule has 5 heteroatoms. The first-order chi connectivity index (χ1) is 9.19. The summed E-state index contributed by atoms with van der Waals surface area (Å²) in [5.74, 6) is 1.93. The lowest BCUT2D eigenvalue weighted by Gasteiger charge is -2.14. The molecule has 0 saturated heterocycles. The summed E-state index contributed by atoms with van der Waals surface area (Å²) in [5.41, 5.74) is 7.75. The van der Waals surface area contributed by atoms with Crippen molar-refractivity contribution in [1.82, 2.24) is 4.98 Å². The molecule has 0 aliphatic rings. The number of anilines is 1. The fourth-order valence-corrected chi connectivity index (χ4v) is 1.81. The summed E-state index contributed by atoms with van der Waals surface area (Å²) in [7, 11) is 4.78. The van der Waals surface area contributed by atoms with E-state index in [-0.39, 0.29) is 0 Å². The summed E-state index contributed by atoms with van der Waals surface area (Å²) in [6.07, 6.45) is 1.60. The molecule has 1 aromatic heterocycles. The predicted octanol–water partition coefficient (Wildman–Crippen LogP) is 2.36. The number of nitrogens with zero attached hydrogens (tertiary/aromatic N) is 1. The first kappa shape index (κ1) is 13.0. The minimum absolute atomic E-state index is 0.607. The van der Waals surface area contributed by atoms with Crippen LogP contribution in [0.3, 0.4) is 0 Å². The highest BCUT2D eigenvalue weighted by molar-refractivity contribution is 5.76. The molecule has 0 bridgehead atoms. The smallest absolute Gasteiger partial charge is 0.135 e. The Bertz CT molecular complexity index is 542. The summed E-state index contributed by atoms with van der Waals surface area (Å²) in [5, 5.41) is 0. The van der Waals surface area contributed by atoms with Crippen molar-refractivity contribution in [2.24, 2.45) is 0 Å². The van der Waals surface area contributed by atoms with Crippen LogP contribution in [-0.2, 0) is 0 Å². The van der Waals surface area contributed by atoms with Gasteiger partial charge in [-0.15, -0.1) is 0 Å². The third-order valence-corrected chi connectivity index (χ3v) is 2.76. The number of ether oxygens (including phenoxy) is 3. The van der Waals surface area contributed by atoms with Crippen LogP contribution in [0.25, 0.3) is 11.3 Å². The molecule has 100 valence electrons. The minimum Gasteiger partial charge on any atom is -0.496 e. The number of hydrogen-bond acceptors (Lipinski definition) is 5. The zero-order valence-electron chi connectivity index (χ0n) is 11.1. The lowest BCUT2D eigenvalue weighted by atomic mass is 10.1. The Morgan fingerprint density at radius 1 is 0.947 bits per heavy atom. The Balaban J connectivity index is 2.63. The van der Waals surface area contributed by atoms with Crippen molar-refractivity contribution in [3.05, 3.63) is 30.5 Å². The number of pyridine rings is 1. The van der Waals surface area contributed by atoms with Gasteiger partial charge < -0.3 is 19.9 Å². The molecule has 1 aromatic carbocycles. The van der Waals surface area contributed by atoms with Crippen LogP contribution in [0.5, 0.6) is 17.2 Å². The van der Waals surface area contributed by atoms with Gasteiger partial charge in [0.2, 0.25) is 0 Å². The molecule has 0 fully saturated rings. The fourth-order valence-electron chi connectivity index (χ4n) is 1.81. The highest BCUT2D eigenvalue weighted by Gasteiger charge is 2.16. The quantitative estimate of drug-likeness (QED) is 0.914. The predicted molar refractivity (Wildman–Crippen MR) is 73.7 cm³/mol. The number of aromatic nitrogens is 1. The van der Waals surface area contributed by atoms with Crippen molar-refractivity contribution in [3.63, 3.8) is 0 Å². The fraction of sp³-hybridized carbons (Fsp3) is 0.214. The van der Waals surface area contributed by atoms with E-state index in [2.05, 4.69) is 4.98 Å². The van der Waals surface area contributed by atoms with Gasteiger partial charge in [0.05, 0.1) is 44.5 Å². The van der Waals surface area contributed by atoms with Crippen LogP contribution in [0.1, 0.15) is 0 Å². The Labute approximate surface area is 111 Å². The lowest BCUT2D eigenvalue weighted by molar-refractivity contribution is 0.377. The molecular formula is C14H16N2O3. The Kier molecular flexibility index (Phi) is 3.75. The van der Waals surface area contributed by atoms with Gasteiger partial charge in [-0.1, -0.05) is 0 Å². The van der Waals surface area contributed by atoms with Crippen molar-refractivity contribution in [2.45, 2.75) is 0 Å². The maximum Gasteiger partial charge on any atom is 0.135 e. The highest BCUT2D eigenvalue weighted by atomic mass is 16.5. The number of nitrogen functional groups attached to an aromatic ring is 1. The van der Waals surface area contributed by atoms with E-state index in [1.165, 1.54) is 0 Å². The monoisotopic (exact) mass is 260 g/mol. The first-order valence-electron chi connectivity index (χ1n) is 5.71. The van der Waals surface area contributed by atoms with Crippen molar-refractivity contribution in [1.29, 1.82) is 0 Å². The second-order valence-corrected chi connectivity index (χ2v) is 3.88. The van der Waals surface area contributed by atoms with E-state index >= 15 is 0 Å². The van der Waals surface area contributed by atoms with Gasteiger partial charge in [-0.05, 0) is 12.1 Å². The summed E-state index contributed by atoms with van der Waals surface area (Å²) in [6, 6.07) is 7.18. The molecule has 0 saturated carbocycles. The molecule has 0 atom stereocenters. The molecule has 0 amide bonds. The summed E-state index contributed by atoms with van der Waals surface area (Å²) >= 11 is 0. The maximum atomic E-state index is 5.65. The minimum atomic E-state index is 0.607. The molecule has 5 nitrogen and oxygen atoms in total. The van der Waals surface area contributed by atoms with E-state index < -0.39 is 0 Å². The first-order valence-corrected chi connectivity index (χ1v) is 5.71. The molecule has 0 radical (unpaired) electrons. The Hall–Kier alpha value is -2.43. The van der Waals surface area contributed by atoms with Gasteiger partial charge in [0.15, 0.2) is 0 Å². The summed E-state index contributed by atoms with van der Waals surface area (Å²) in [4.78, 5) is 4.30. The molecule has 0 spiro atoms. The van der Waals surface area contributed by atoms with Gasteiger partial charge in [-0.2, -0.15) is 0 Å². The SMILES string of the molecule is COc1cc(OC)c(-c2ccc(N)cn2)c(OC)c1. The van der Waals surface area contributed by atoms with Gasteiger partial charge in [-0.3, -0.25) is 4.98 Å². The van der Waals surface area contributed by atoms with Crippen LogP contribution in [0.2, 0.25) is 0 Å². The molecular weight excluding hydrogens is 244 g/mol. The number of benzene rings is 1. The molecule has 2 rings (SSSR count). The van der Waals surface area contributed by atoms with Crippen LogP contribution in [-0.4, -0.2) is 26.3 Å². The van der Waals surface area contributed by atoms with Crippen molar-refractivity contribution in [3.8, 4) is 28.5 Å². The van der Waals surface area contributed by atoms with E-state index in [9.17, 15) is 0 Å². The molecule has 19 heavy (non-hydrogen) atoms. The topological polar surface area (TPSA) is 66.6 Å². The average molecular weight is 260 g/mol. The summed E-state index contributed by atoms with van der Waals surface area (Å²) < 4.78 is 16.0. The van der Waals surface area contributed by atoms with Crippen molar-refractivity contribution in [2.75, 3.05) is 27.1 Å². The van der Waals surface area contributed by atoms with E-state index in [0.29, 0.717) is 22.9 Å². The zero-order valence-corrected chi connectivity index (χ0v) is 11.1. The van der Waals surface area contributed by atoms with Crippen LogP contribution < -0.4 is 19.9 Å². The summed E-state index contributed by atoms with van der Waals surface area (Å²) in [6.45, 7) is 0. The molecule has 0 aliphatic heterocycles. The lowest BCUT2D eigenvalue weighted by Crippen LogP contribution is -1.97. The van der Waals surface area contributed by atoms with Crippen molar-refractivity contribution >= 4 is 5.69 Å². The van der Waals surface area contributed by atoms with Crippen LogP contribution in [0.4, 0.5) is 5.69 Å². The standard InChI is InChI=1S/C14H16N2O3/c1-17-10-6-12(18-2)14(13(7-10)19-3)11-5-4-9(15)8-16-11/h4-8H,15H2,1-3H3. The normalized spacial score (nSPS) is 10.1. The average Bonchev–Trinajstić information content (AvgIpc) is 2.46. The van der Waals surface area contributed by atoms with Crippen molar-refractivity contribution < 1.29 is 14.2 Å². The Morgan fingerprint density at radius 3 is 2.00 bits per heavy atom. The van der Waals surface area contributed by atoms with Crippen LogP contribution in [0, 0.1) is 0 Å². The van der Waals surface area contributed by atoms with E-state index in [1.807, 2.05) is 6.07 Å².